The maximum Gasteiger partial charge on any atom is 0.324 e. The van der Waals surface area contributed by atoms with Crippen LogP contribution in [0.2, 0.25) is 0 Å². The molecule has 1 saturated carbocycles. The van der Waals surface area contributed by atoms with Gasteiger partial charge in [-0.3, -0.25) is 14.9 Å². The van der Waals surface area contributed by atoms with E-state index in [9.17, 15) is 14.4 Å². The van der Waals surface area contributed by atoms with Gasteiger partial charge < -0.3 is 15.7 Å². The van der Waals surface area contributed by atoms with Gasteiger partial charge in [-0.05, 0) is 43.5 Å². The van der Waals surface area contributed by atoms with Gasteiger partial charge in [0, 0.05) is 11.7 Å². The molecule has 26 heavy (non-hydrogen) atoms. The summed E-state index contributed by atoms with van der Waals surface area (Å²) in [6.07, 6.45) is 1.70. The van der Waals surface area contributed by atoms with Crippen LogP contribution in [0, 0.1) is 5.92 Å². The van der Waals surface area contributed by atoms with Gasteiger partial charge in [0.15, 0.2) is 0 Å². The van der Waals surface area contributed by atoms with Crippen LogP contribution < -0.4 is 16.0 Å². The third-order valence-corrected chi connectivity index (χ3v) is 5.21. The number of thiophene rings is 1. The molecule has 7 nitrogen and oxygen atoms in total. The summed E-state index contributed by atoms with van der Waals surface area (Å²) in [5.41, 5.74) is 0.675. The number of carboxylic acids is 1. The average molecular weight is 373 g/mol. The summed E-state index contributed by atoms with van der Waals surface area (Å²) in [6, 6.07) is 11.9. The van der Waals surface area contributed by atoms with Crippen LogP contribution in [0.1, 0.15) is 28.9 Å². The van der Waals surface area contributed by atoms with Crippen LogP contribution in [0.3, 0.4) is 0 Å². The number of nitrogens with one attached hydrogen (secondary N) is 3. The van der Waals surface area contributed by atoms with Crippen LogP contribution in [0.25, 0.3) is 0 Å². The lowest BCUT2D eigenvalue weighted by molar-refractivity contribution is -0.141. The highest BCUT2D eigenvalue weighted by Gasteiger charge is 2.30. The molecule has 0 aliphatic heterocycles. The Kier molecular flexibility index (Phi) is 5.52. The van der Waals surface area contributed by atoms with Crippen molar-refractivity contribution in [1.82, 2.24) is 5.32 Å². The number of carbonyl (C=O) groups is 3. The van der Waals surface area contributed by atoms with Gasteiger partial charge in [-0.2, -0.15) is 0 Å². The number of carbonyl (C=O) groups excluding carboxylic acids is 2. The second-order valence-corrected chi connectivity index (χ2v) is 7.21. The molecule has 0 spiro atoms. The summed E-state index contributed by atoms with van der Waals surface area (Å²) in [4.78, 5) is 35.7. The SMILES string of the molecule is O=C(Nc1ccccc1)Nc1ccc(C(=O)N[C@@H]2CC[C@H](C(=O)O)C2)s1. The standard InChI is InChI=1S/C18H19N3O4S/c22-16(19-13-7-6-11(10-13)17(23)24)14-8-9-15(26-14)21-18(25)20-12-4-2-1-3-5-12/h1-5,8-9,11,13H,6-7,10H2,(H,19,22)(H,23,24)(H2,20,21,25)/t11-,13+/m0/s1. The number of rotatable bonds is 5. The minimum Gasteiger partial charge on any atom is -0.481 e. The van der Waals surface area contributed by atoms with Gasteiger partial charge >= 0.3 is 12.0 Å². The Morgan fingerprint density at radius 1 is 1.00 bits per heavy atom. The molecule has 136 valence electrons. The van der Waals surface area contributed by atoms with Gasteiger partial charge in [-0.25, -0.2) is 4.79 Å². The molecule has 3 rings (SSSR count). The zero-order valence-electron chi connectivity index (χ0n) is 13.9. The highest BCUT2D eigenvalue weighted by Crippen LogP contribution is 2.27. The molecule has 1 heterocycles. The maximum absolute atomic E-state index is 12.3. The van der Waals surface area contributed by atoms with Gasteiger partial charge in [0.1, 0.15) is 0 Å². The first-order chi connectivity index (χ1) is 12.5. The summed E-state index contributed by atoms with van der Waals surface area (Å²) in [5, 5.41) is 17.8. The first kappa shape index (κ1) is 17.9. The van der Waals surface area contributed by atoms with Crippen LogP contribution in [0.4, 0.5) is 15.5 Å². The van der Waals surface area contributed by atoms with Crippen molar-refractivity contribution in [2.45, 2.75) is 25.3 Å². The van der Waals surface area contributed by atoms with E-state index in [4.69, 9.17) is 5.11 Å². The molecule has 1 aliphatic rings. The molecule has 0 saturated heterocycles. The molecular weight excluding hydrogens is 354 g/mol. The number of carboxylic acid groups (broad SMARTS) is 1. The molecule has 0 unspecified atom stereocenters. The number of hydrogen-bond donors (Lipinski definition) is 4. The lowest BCUT2D eigenvalue weighted by atomic mass is 10.1. The van der Waals surface area contributed by atoms with E-state index in [0.717, 1.165) is 0 Å². The van der Waals surface area contributed by atoms with E-state index in [1.807, 2.05) is 18.2 Å². The highest BCUT2D eigenvalue weighted by molar-refractivity contribution is 7.18. The molecule has 1 fully saturated rings. The molecule has 1 aromatic carbocycles. The molecule has 8 heteroatoms. The Labute approximate surface area is 154 Å². The third kappa shape index (κ3) is 4.60. The highest BCUT2D eigenvalue weighted by atomic mass is 32.1. The van der Waals surface area contributed by atoms with E-state index in [1.54, 1.807) is 24.3 Å². The second kappa shape index (κ2) is 8.01. The predicted molar refractivity (Wildman–Crippen MR) is 99.6 cm³/mol. The van der Waals surface area contributed by atoms with E-state index in [2.05, 4.69) is 16.0 Å². The number of urea groups is 1. The zero-order valence-corrected chi connectivity index (χ0v) is 14.7. The van der Waals surface area contributed by atoms with Crippen LogP contribution in [0.15, 0.2) is 42.5 Å². The van der Waals surface area contributed by atoms with Gasteiger partial charge in [0.2, 0.25) is 0 Å². The lowest BCUT2D eigenvalue weighted by Crippen LogP contribution is -2.32. The smallest absolute Gasteiger partial charge is 0.324 e. The van der Waals surface area contributed by atoms with Crippen molar-refractivity contribution in [2.24, 2.45) is 5.92 Å². The number of para-hydroxylation sites is 1. The summed E-state index contributed by atoms with van der Waals surface area (Å²) >= 11 is 1.17. The van der Waals surface area contributed by atoms with E-state index < -0.39 is 5.97 Å². The first-order valence-electron chi connectivity index (χ1n) is 8.28. The van der Waals surface area contributed by atoms with Crippen molar-refractivity contribution in [3.8, 4) is 0 Å². The summed E-state index contributed by atoms with van der Waals surface area (Å²) in [7, 11) is 0. The second-order valence-electron chi connectivity index (χ2n) is 6.13. The predicted octanol–water partition coefficient (Wildman–Crippen LogP) is 3.38. The molecule has 0 radical (unpaired) electrons. The Balaban J connectivity index is 1.52. The van der Waals surface area contributed by atoms with Crippen molar-refractivity contribution in [1.29, 1.82) is 0 Å². The Morgan fingerprint density at radius 3 is 2.46 bits per heavy atom. The fourth-order valence-corrected chi connectivity index (χ4v) is 3.72. The summed E-state index contributed by atoms with van der Waals surface area (Å²) < 4.78 is 0. The normalized spacial score (nSPS) is 18.9. The zero-order chi connectivity index (χ0) is 18.5. The van der Waals surface area contributed by atoms with Crippen molar-refractivity contribution in [3.05, 3.63) is 47.3 Å². The van der Waals surface area contributed by atoms with E-state index >= 15 is 0 Å². The largest absolute Gasteiger partial charge is 0.481 e. The molecule has 0 bridgehead atoms. The third-order valence-electron chi connectivity index (χ3n) is 4.22. The number of aliphatic carboxylic acids is 1. The summed E-state index contributed by atoms with van der Waals surface area (Å²) in [6.45, 7) is 0. The van der Waals surface area contributed by atoms with E-state index in [1.165, 1.54) is 11.3 Å². The average Bonchev–Trinajstić information content (AvgIpc) is 3.25. The number of amides is 3. The van der Waals surface area contributed by atoms with E-state index in [-0.39, 0.29) is 23.9 Å². The van der Waals surface area contributed by atoms with Gasteiger partial charge in [-0.1, -0.05) is 18.2 Å². The Bertz CT molecular complexity index is 806. The number of benzene rings is 1. The van der Waals surface area contributed by atoms with Crippen molar-refractivity contribution >= 4 is 39.9 Å². The number of hydrogen-bond acceptors (Lipinski definition) is 4. The molecule has 3 amide bonds. The monoisotopic (exact) mass is 373 g/mol. The van der Waals surface area contributed by atoms with E-state index in [0.29, 0.717) is 34.8 Å². The first-order valence-corrected chi connectivity index (χ1v) is 9.09. The van der Waals surface area contributed by atoms with Gasteiger partial charge in [0.25, 0.3) is 5.91 Å². The van der Waals surface area contributed by atoms with Crippen LogP contribution in [-0.2, 0) is 4.79 Å². The van der Waals surface area contributed by atoms with Crippen molar-refractivity contribution in [3.63, 3.8) is 0 Å². The molecule has 1 aromatic heterocycles. The molecule has 2 atom stereocenters. The van der Waals surface area contributed by atoms with Crippen LogP contribution >= 0.6 is 11.3 Å². The van der Waals surface area contributed by atoms with Gasteiger partial charge in [0.05, 0.1) is 15.8 Å². The van der Waals surface area contributed by atoms with Crippen molar-refractivity contribution < 1.29 is 19.5 Å². The van der Waals surface area contributed by atoms with Crippen LogP contribution in [-0.4, -0.2) is 29.1 Å². The maximum atomic E-state index is 12.3. The van der Waals surface area contributed by atoms with Crippen molar-refractivity contribution in [2.75, 3.05) is 10.6 Å². The topological polar surface area (TPSA) is 108 Å². The minimum atomic E-state index is -0.811. The summed E-state index contributed by atoms with van der Waals surface area (Å²) in [5.74, 6) is -1.45. The van der Waals surface area contributed by atoms with Gasteiger partial charge in [-0.15, -0.1) is 11.3 Å². The fourth-order valence-electron chi connectivity index (χ4n) is 2.92. The Morgan fingerprint density at radius 2 is 1.77 bits per heavy atom. The lowest BCUT2D eigenvalue weighted by Gasteiger charge is -2.11. The fraction of sp³-hybridized carbons (Fsp3) is 0.278. The molecule has 2 aromatic rings. The molecule has 4 N–H and O–H groups in total. The molecule has 1 aliphatic carbocycles. The quantitative estimate of drug-likeness (QED) is 0.644. The number of anilines is 2. The molecular formula is C18H19N3O4S. The minimum absolute atomic E-state index is 0.122. The van der Waals surface area contributed by atoms with Crippen LogP contribution in [0.5, 0.6) is 0 Å². The Hall–Kier alpha value is -2.87.